The molecule has 0 amide bonds. The summed E-state index contributed by atoms with van der Waals surface area (Å²) < 4.78 is 9.88. The first-order valence-corrected chi connectivity index (χ1v) is 10.6. The molecule has 2 heterocycles. The van der Waals surface area contributed by atoms with Crippen LogP contribution in [0, 0.1) is 0 Å². The van der Waals surface area contributed by atoms with E-state index in [0.717, 1.165) is 28.2 Å². The highest BCUT2D eigenvalue weighted by atomic mass is 35.5. The van der Waals surface area contributed by atoms with Crippen molar-refractivity contribution >= 4 is 22.6 Å². The van der Waals surface area contributed by atoms with Gasteiger partial charge in [0.1, 0.15) is 18.7 Å². The molecule has 2 aromatic heterocycles. The fraction of sp³-hybridized carbons (Fsp3) is 0.0769. The Kier molecular flexibility index (Phi) is 5.58. The molecule has 0 saturated carbocycles. The Hall–Kier alpha value is -3.67. The summed E-state index contributed by atoms with van der Waals surface area (Å²) >= 11 is 6.14. The first-order chi connectivity index (χ1) is 15.7. The summed E-state index contributed by atoms with van der Waals surface area (Å²) in [6.07, 6.45) is 1.54. The second kappa shape index (κ2) is 8.83. The van der Waals surface area contributed by atoms with Crippen LogP contribution in [0.3, 0.4) is 0 Å². The molecule has 0 unspecified atom stereocenters. The molecule has 0 aliphatic heterocycles. The van der Waals surface area contributed by atoms with Crippen molar-refractivity contribution in [3.05, 3.63) is 118 Å². The third-order valence-corrected chi connectivity index (χ3v) is 5.54. The van der Waals surface area contributed by atoms with Crippen LogP contribution in [0.5, 0.6) is 0 Å². The van der Waals surface area contributed by atoms with Crippen molar-refractivity contribution in [3.63, 3.8) is 0 Å². The van der Waals surface area contributed by atoms with E-state index >= 15 is 0 Å². The van der Waals surface area contributed by atoms with Crippen LogP contribution in [0.15, 0.2) is 102 Å². The van der Waals surface area contributed by atoms with Gasteiger partial charge in [0.2, 0.25) is 0 Å². The van der Waals surface area contributed by atoms with Crippen molar-refractivity contribution in [1.29, 1.82) is 0 Å². The Balaban J connectivity index is 1.65. The lowest BCUT2D eigenvalue weighted by Crippen LogP contribution is -2.15. The van der Waals surface area contributed by atoms with E-state index in [9.17, 15) is 4.79 Å². The molecule has 0 bridgehead atoms. The van der Waals surface area contributed by atoms with Gasteiger partial charge in [0.25, 0.3) is 5.56 Å². The van der Waals surface area contributed by atoms with Gasteiger partial charge >= 0.3 is 0 Å². The van der Waals surface area contributed by atoms with E-state index in [1.54, 1.807) is 0 Å². The van der Waals surface area contributed by atoms with Crippen molar-refractivity contribution < 1.29 is 4.74 Å². The number of aromatic nitrogens is 3. The Bertz CT molecular complexity index is 1410. The fourth-order valence-electron chi connectivity index (χ4n) is 3.79. The number of ether oxygens (including phenoxy) is 1. The maximum absolute atomic E-state index is 12.7. The van der Waals surface area contributed by atoms with Gasteiger partial charge < -0.3 is 4.74 Å². The van der Waals surface area contributed by atoms with Gasteiger partial charge in [-0.05, 0) is 41.5 Å². The quantitative estimate of drug-likeness (QED) is 0.340. The first kappa shape index (κ1) is 20.2. The van der Waals surface area contributed by atoms with Gasteiger partial charge in [-0.2, -0.15) is 4.98 Å². The van der Waals surface area contributed by atoms with Gasteiger partial charge in [-0.3, -0.25) is 13.9 Å². The summed E-state index contributed by atoms with van der Waals surface area (Å²) in [7, 11) is 0. The highest BCUT2D eigenvalue weighted by molar-refractivity contribution is 6.30. The average molecular weight is 442 g/mol. The number of nitrogens with zero attached hydrogens (tertiary/aromatic N) is 3. The number of fused-ring (bicyclic) bond motifs is 1. The Morgan fingerprint density at radius 2 is 1.56 bits per heavy atom. The summed E-state index contributed by atoms with van der Waals surface area (Å²) in [6, 6.07) is 29.4. The molecular weight excluding hydrogens is 422 g/mol. The fourth-order valence-corrected chi connectivity index (χ4v) is 3.92. The van der Waals surface area contributed by atoms with Crippen molar-refractivity contribution in [2.75, 3.05) is 0 Å². The van der Waals surface area contributed by atoms with Crippen molar-refractivity contribution in [2.24, 2.45) is 0 Å². The minimum Gasteiger partial charge on any atom is -0.356 e. The molecule has 0 aliphatic carbocycles. The molecule has 32 heavy (non-hydrogen) atoms. The smallest absolute Gasteiger partial charge is 0.282 e. The molecule has 3 aromatic carbocycles. The van der Waals surface area contributed by atoms with Gasteiger partial charge in [0.05, 0.1) is 17.7 Å². The Morgan fingerprint density at radius 1 is 0.875 bits per heavy atom. The van der Waals surface area contributed by atoms with E-state index in [0.29, 0.717) is 17.0 Å². The van der Waals surface area contributed by atoms with E-state index in [2.05, 4.69) is 9.55 Å². The molecule has 0 saturated heterocycles. The van der Waals surface area contributed by atoms with Gasteiger partial charge in [0.15, 0.2) is 0 Å². The first-order valence-electron chi connectivity index (χ1n) is 10.2. The predicted molar refractivity (Wildman–Crippen MR) is 127 cm³/mol. The summed E-state index contributed by atoms with van der Waals surface area (Å²) in [4.78, 5) is 16.8. The molecule has 0 N–H and O–H groups in total. The van der Waals surface area contributed by atoms with Crippen LogP contribution >= 0.6 is 11.6 Å². The summed E-state index contributed by atoms with van der Waals surface area (Å²) in [5.74, 6) is 0. The molecule has 5 rings (SSSR count). The molecule has 0 radical (unpaired) electrons. The third-order valence-electron chi connectivity index (χ3n) is 5.29. The average Bonchev–Trinajstić information content (AvgIpc) is 3.24. The zero-order valence-corrected chi connectivity index (χ0v) is 17.9. The monoisotopic (exact) mass is 441 g/mol. The predicted octanol–water partition coefficient (Wildman–Crippen LogP) is 5.68. The van der Waals surface area contributed by atoms with Gasteiger partial charge in [-0.25, -0.2) is 0 Å². The molecule has 6 heteroatoms. The van der Waals surface area contributed by atoms with Crippen LogP contribution in [-0.2, 0) is 18.1 Å². The SMILES string of the molecule is O=c1ncn(COCc2ccccc2)c2c1cc(-c1ccccc1)n2-c1ccc(Cl)cc1. The largest absolute Gasteiger partial charge is 0.356 e. The van der Waals surface area contributed by atoms with Crippen LogP contribution in [0.25, 0.3) is 28.0 Å². The Labute approximate surface area is 190 Å². The standard InChI is InChI=1S/C26H20ClN3O2/c27-21-11-13-22(14-12-21)30-24(20-9-5-2-6-10-20)15-23-25(31)28-17-29(26(23)30)18-32-16-19-7-3-1-4-8-19/h1-15,17H,16,18H2. The molecule has 0 atom stereocenters. The molecule has 0 spiro atoms. The summed E-state index contributed by atoms with van der Waals surface area (Å²) in [5, 5.41) is 1.18. The van der Waals surface area contributed by atoms with Gasteiger partial charge in [0, 0.05) is 10.7 Å². The minimum atomic E-state index is -0.274. The number of hydrogen-bond acceptors (Lipinski definition) is 3. The lowest BCUT2D eigenvalue weighted by Gasteiger charge is -2.15. The summed E-state index contributed by atoms with van der Waals surface area (Å²) in [5.41, 5.74) is 4.31. The molecule has 158 valence electrons. The Morgan fingerprint density at radius 3 is 2.28 bits per heavy atom. The maximum Gasteiger partial charge on any atom is 0.282 e. The number of rotatable bonds is 6. The normalized spacial score (nSPS) is 11.2. The lowest BCUT2D eigenvalue weighted by molar-refractivity contribution is 0.0653. The zero-order valence-electron chi connectivity index (χ0n) is 17.2. The number of benzene rings is 3. The molecular formula is C26H20ClN3O2. The second-order valence-electron chi connectivity index (χ2n) is 7.43. The maximum atomic E-state index is 12.7. The lowest BCUT2D eigenvalue weighted by atomic mass is 10.1. The number of hydrogen-bond donors (Lipinski definition) is 0. The highest BCUT2D eigenvalue weighted by Gasteiger charge is 2.18. The molecule has 0 aliphatic rings. The van der Waals surface area contributed by atoms with E-state index in [-0.39, 0.29) is 12.3 Å². The molecule has 5 nitrogen and oxygen atoms in total. The molecule has 5 aromatic rings. The topological polar surface area (TPSA) is 49.1 Å². The second-order valence-corrected chi connectivity index (χ2v) is 7.86. The third kappa shape index (κ3) is 3.96. The van der Waals surface area contributed by atoms with E-state index in [1.807, 2.05) is 95.6 Å². The van der Waals surface area contributed by atoms with E-state index in [1.165, 1.54) is 6.33 Å². The van der Waals surface area contributed by atoms with Crippen molar-refractivity contribution in [1.82, 2.24) is 14.1 Å². The molecule has 0 fully saturated rings. The highest BCUT2D eigenvalue weighted by Crippen LogP contribution is 2.30. The van der Waals surface area contributed by atoms with Crippen LogP contribution in [0.4, 0.5) is 0 Å². The number of halogens is 1. The van der Waals surface area contributed by atoms with Crippen LogP contribution in [0.1, 0.15) is 5.56 Å². The van der Waals surface area contributed by atoms with Crippen molar-refractivity contribution in [3.8, 4) is 16.9 Å². The van der Waals surface area contributed by atoms with Gasteiger partial charge in [-0.15, -0.1) is 0 Å². The van der Waals surface area contributed by atoms with Crippen LogP contribution < -0.4 is 5.56 Å². The van der Waals surface area contributed by atoms with E-state index in [4.69, 9.17) is 16.3 Å². The zero-order chi connectivity index (χ0) is 21.9. The van der Waals surface area contributed by atoms with Crippen LogP contribution in [0.2, 0.25) is 5.02 Å². The van der Waals surface area contributed by atoms with Crippen molar-refractivity contribution in [2.45, 2.75) is 13.3 Å². The van der Waals surface area contributed by atoms with Crippen LogP contribution in [-0.4, -0.2) is 14.1 Å². The van der Waals surface area contributed by atoms with E-state index < -0.39 is 0 Å². The summed E-state index contributed by atoms with van der Waals surface area (Å²) in [6.45, 7) is 0.714. The van der Waals surface area contributed by atoms with Gasteiger partial charge in [-0.1, -0.05) is 72.3 Å². The minimum absolute atomic E-state index is 0.254.